The molecule has 0 saturated heterocycles. The van der Waals surface area contributed by atoms with E-state index in [0.29, 0.717) is 5.56 Å². The van der Waals surface area contributed by atoms with Crippen molar-refractivity contribution in [3.63, 3.8) is 0 Å². The zero-order valence-corrected chi connectivity index (χ0v) is 17.8. The van der Waals surface area contributed by atoms with E-state index in [-0.39, 0.29) is 17.6 Å². The van der Waals surface area contributed by atoms with Crippen LogP contribution in [-0.4, -0.2) is 16.9 Å². The molecule has 1 N–H and O–H groups in total. The van der Waals surface area contributed by atoms with Gasteiger partial charge in [0.2, 0.25) is 0 Å². The first kappa shape index (κ1) is 23.5. The van der Waals surface area contributed by atoms with E-state index in [1.807, 2.05) is 60.6 Å². The maximum atomic E-state index is 13.3. The number of carbonyl (C=O) groups is 2. The molecule has 0 fully saturated rings. The molecule has 0 aromatic heterocycles. The van der Waals surface area contributed by atoms with Gasteiger partial charge in [0.05, 0.1) is 5.41 Å². The molecule has 0 aliphatic rings. The van der Waals surface area contributed by atoms with Gasteiger partial charge in [0, 0.05) is 11.5 Å². The van der Waals surface area contributed by atoms with Crippen LogP contribution in [-0.2, 0) is 9.36 Å². The first-order valence-electron chi connectivity index (χ1n) is 8.53. The van der Waals surface area contributed by atoms with Gasteiger partial charge >= 0.3 is 15.1 Å². The normalized spacial score (nSPS) is 14.5. The van der Waals surface area contributed by atoms with Crippen molar-refractivity contribution in [1.82, 2.24) is 0 Å². The Morgan fingerprint density at radius 3 is 1.68 bits per heavy atom. The molecule has 0 bridgehead atoms. The predicted octanol–water partition coefficient (Wildman–Crippen LogP) is 5.02. The highest BCUT2D eigenvalue weighted by atomic mass is 31.0. The van der Waals surface area contributed by atoms with Gasteiger partial charge in [-0.25, -0.2) is 0 Å². The largest absolute Gasteiger partial charge is 0.481 e. The molecule has 140 valence electrons. The van der Waals surface area contributed by atoms with E-state index in [2.05, 4.69) is 0 Å². The molecule has 3 atom stereocenters. The number of carboxylic acids is 1. The van der Waals surface area contributed by atoms with E-state index >= 15 is 0 Å². The first-order chi connectivity index (χ1) is 11.4. The summed E-state index contributed by atoms with van der Waals surface area (Å²) in [6.07, 6.45) is 0. The molecule has 1 aromatic carbocycles. The Bertz CT molecular complexity index is 614. The molecule has 0 saturated carbocycles. The van der Waals surface area contributed by atoms with E-state index in [1.165, 1.54) is 9.12 Å². The lowest BCUT2D eigenvalue weighted by Gasteiger charge is -2.39. The molecule has 5 heteroatoms. The van der Waals surface area contributed by atoms with Gasteiger partial charge in [-0.15, -0.1) is 0 Å². The lowest BCUT2D eigenvalue weighted by Crippen LogP contribution is -2.47. The summed E-state index contributed by atoms with van der Waals surface area (Å²) < 4.78 is 8.17. The number of hydrogen-bond acceptors (Lipinski definition) is 3. The Balaban J connectivity index is 0.00000277. The van der Waals surface area contributed by atoms with Crippen molar-refractivity contribution >= 4 is 20.9 Å². The van der Waals surface area contributed by atoms with Crippen molar-refractivity contribution in [3.05, 3.63) is 34.4 Å². The molecule has 3 unspecified atom stereocenters. The Labute approximate surface area is 153 Å². The van der Waals surface area contributed by atoms with Gasteiger partial charge in [0.1, 0.15) is 0 Å². The van der Waals surface area contributed by atoms with Gasteiger partial charge < -0.3 is 5.11 Å². The van der Waals surface area contributed by atoms with E-state index in [9.17, 15) is 14.7 Å². The monoisotopic (exact) mass is 367 g/mol. The summed E-state index contributed by atoms with van der Waals surface area (Å²) in [5, 5.41) is 9.85. The number of benzene rings is 1. The minimum Gasteiger partial charge on any atom is -0.481 e. The van der Waals surface area contributed by atoms with Crippen molar-refractivity contribution in [2.75, 3.05) is 0 Å². The number of carboxylic acid groups (broad SMARTS) is 1. The molecule has 4 nitrogen and oxygen atoms in total. The van der Waals surface area contributed by atoms with E-state index in [1.54, 1.807) is 6.92 Å². The molecule has 25 heavy (non-hydrogen) atoms. The molecule has 0 spiro atoms. The van der Waals surface area contributed by atoms with Gasteiger partial charge in [0.25, 0.3) is 0 Å². The third kappa shape index (κ3) is 4.76. The summed E-state index contributed by atoms with van der Waals surface area (Å²) in [6.45, 7) is 15.2. The fourth-order valence-electron chi connectivity index (χ4n) is 3.73. The Kier molecular flexibility index (Phi) is 8.67. The minimum absolute atomic E-state index is 0.0476. The standard InChI is InChI=1S/C20H30O3.H2OP/c1-11(2)17(20(8,12(3)4)19(22)23)18(21)16-14(6)9-13(5)10-15(16)7;1-2/h9-12,17H,1-8H3,(H,22,23);2H2/q;+1. The zero-order chi connectivity index (χ0) is 20.1. The van der Waals surface area contributed by atoms with Crippen LogP contribution in [0.15, 0.2) is 12.1 Å². The minimum atomic E-state index is -1.09. The summed E-state index contributed by atoms with van der Waals surface area (Å²) in [5.74, 6) is -1.69. The van der Waals surface area contributed by atoms with E-state index < -0.39 is 17.3 Å². The highest BCUT2D eigenvalue weighted by Gasteiger charge is 2.49. The summed E-state index contributed by atoms with van der Waals surface area (Å²) in [6, 6.07) is 3.98. The fraction of sp³-hybridized carbons (Fsp3) is 0.600. The van der Waals surface area contributed by atoms with Crippen LogP contribution in [0, 0.1) is 43.9 Å². The second-order valence-electron chi connectivity index (χ2n) is 7.60. The van der Waals surface area contributed by atoms with Crippen molar-refractivity contribution in [2.45, 2.75) is 55.4 Å². The molecule has 1 rings (SSSR count). The lowest BCUT2D eigenvalue weighted by atomic mass is 9.62. The Morgan fingerprint density at radius 1 is 1.00 bits per heavy atom. The highest BCUT2D eigenvalue weighted by molar-refractivity contribution is 7.00. The smallest absolute Gasteiger partial charge is 0.310 e. The van der Waals surface area contributed by atoms with Crippen LogP contribution in [0.3, 0.4) is 0 Å². The molecule has 0 heterocycles. The van der Waals surface area contributed by atoms with Gasteiger partial charge in [-0.1, -0.05) is 50.0 Å². The van der Waals surface area contributed by atoms with Crippen molar-refractivity contribution in [3.8, 4) is 0 Å². The number of Topliss-reactive ketones (excluding diaryl/α,β-unsaturated/α-hetero) is 1. The van der Waals surface area contributed by atoms with Crippen LogP contribution >= 0.6 is 9.12 Å². The first-order valence-corrected chi connectivity index (χ1v) is 9.00. The van der Waals surface area contributed by atoms with Gasteiger partial charge in [-0.2, -0.15) is 0 Å². The second-order valence-corrected chi connectivity index (χ2v) is 7.60. The van der Waals surface area contributed by atoms with Crippen LogP contribution in [0.5, 0.6) is 0 Å². The lowest BCUT2D eigenvalue weighted by molar-refractivity contribution is -0.154. The number of aliphatic carboxylic acids is 1. The highest BCUT2D eigenvalue weighted by Crippen LogP contribution is 2.42. The van der Waals surface area contributed by atoms with Crippen LogP contribution in [0.25, 0.3) is 0 Å². The molecule has 0 aliphatic carbocycles. The maximum Gasteiger partial charge on any atom is 0.310 e. The zero-order valence-electron chi connectivity index (χ0n) is 16.6. The summed E-state index contributed by atoms with van der Waals surface area (Å²) in [4.78, 5) is 25.3. The van der Waals surface area contributed by atoms with E-state index in [0.717, 1.165) is 16.7 Å². The predicted molar refractivity (Wildman–Crippen MR) is 104 cm³/mol. The number of carbonyl (C=O) groups excluding carboxylic acids is 1. The summed E-state index contributed by atoms with van der Waals surface area (Å²) in [5.41, 5.74) is 2.56. The molecule has 0 aliphatic heterocycles. The average Bonchev–Trinajstić information content (AvgIpc) is 2.47. The Morgan fingerprint density at radius 2 is 1.40 bits per heavy atom. The van der Waals surface area contributed by atoms with Crippen LogP contribution < -0.4 is 0 Å². The van der Waals surface area contributed by atoms with Gasteiger partial charge in [-0.3, -0.25) is 9.59 Å². The van der Waals surface area contributed by atoms with Crippen LogP contribution in [0.4, 0.5) is 0 Å². The summed E-state index contributed by atoms with van der Waals surface area (Å²) >= 11 is 0. The van der Waals surface area contributed by atoms with Gasteiger partial charge in [-0.05, 0) is 50.7 Å². The van der Waals surface area contributed by atoms with Crippen LogP contribution in [0.1, 0.15) is 61.7 Å². The van der Waals surface area contributed by atoms with Crippen LogP contribution in [0.2, 0.25) is 0 Å². The van der Waals surface area contributed by atoms with E-state index in [4.69, 9.17) is 4.57 Å². The topological polar surface area (TPSA) is 71.4 Å². The number of rotatable bonds is 6. The van der Waals surface area contributed by atoms with Crippen molar-refractivity contribution in [2.24, 2.45) is 23.2 Å². The number of ketones is 1. The summed E-state index contributed by atoms with van der Waals surface area (Å²) in [7, 11) is 1.17. The number of hydrogen-bond donors (Lipinski definition) is 1. The van der Waals surface area contributed by atoms with Gasteiger partial charge in [0.15, 0.2) is 5.78 Å². The number of aryl methyl sites for hydroxylation is 3. The quantitative estimate of drug-likeness (QED) is 0.566. The van der Waals surface area contributed by atoms with Crippen molar-refractivity contribution in [1.29, 1.82) is 0 Å². The molecule has 1 aromatic rings. The molecule has 0 radical (unpaired) electrons. The molecular formula is C20H32O4P+. The average molecular weight is 367 g/mol. The maximum absolute atomic E-state index is 13.3. The Hall–Kier alpha value is -1.54. The molecule has 0 amide bonds. The SMILES string of the molecule is Cc1cc(C)c(C(=O)C(C(C)C)C(C)(C(=O)O)C(C)C)c(C)c1.O=[PH2+]. The third-order valence-corrected chi connectivity index (χ3v) is 5.18. The third-order valence-electron chi connectivity index (χ3n) is 5.18. The second kappa shape index (κ2) is 9.24. The van der Waals surface area contributed by atoms with Crippen molar-refractivity contribution < 1.29 is 19.3 Å². The fourth-order valence-corrected chi connectivity index (χ4v) is 3.73. The molecular weight excluding hydrogens is 335 g/mol.